The number of nitrogens with two attached hydrogens (primary N) is 1. The highest BCUT2D eigenvalue weighted by atomic mass is 32.2. The molecule has 0 spiro atoms. The largest absolute Gasteiger partial charge is 0.326 e. The maximum atomic E-state index is 11.6. The highest BCUT2D eigenvalue weighted by Gasteiger charge is 2.22. The lowest BCUT2D eigenvalue weighted by Crippen LogP contribution is -2.22. The fourth-order valence-corrected chi connectivity index (χ4v) is 2.85. The fraction of sp³-hybridized carbons (Fsp3) is 0.444. The maximum Gasteiger partial charge on any atom is 0.144 e. The highest BCUT2D eigenvalue weighted by Crippen LogP contribution is 2.22. The van der Waals surface area contributed by atoms with Gasteiger partial charge in [-0.1, -0.05) is 6.07 Å². The zero-order chi connectivity index (χ0) is 9.97. The van der Waals surface area contributed by atoms with Crippen LogP contribution in [0.1, 0.15) is 12.0 Å². The van der Waals surface area contributed by atoms with Crippen LogP contribution >= 0.6 is 0 Å². The van der Waals surface area contributed by atoms with Crippen molar-refractivity contribution in [2.75, 3.05) is 16.6 Å². The van der Waals surface area contributed by atoms with Crippen molar-refractivity contribution >= 4 is 16.8 Å². The summed E-state index contributed by atoms with van der Waals surface area (Å²) < 4.78 is 13.4. The highest BCUT2D eigenvalue weighted by molar-refractivity contribution is 7.86. The van der Waals surface area contributed by atoms with Crippen LogP contribution in [0.25, 0.3) is 0 Å². The number of hydrogen-bond acceptors (Lipinski definition) is 3. The molecule has 1 aromatic heterocycles. The van der Waals surface area contributed by atoms with Crippen LogP contribution in [0.3, 0.4) is 0 Å². The summed E-state index contributed by atoms with van der Waals surface area (Å²) in [4.78, 5) is 4.23. The number of pyridine rings is 1. The molecule has 1 aliphatic rings. The van der Waals surface area contributed by atoms with Gasteiger partial charge in [0.1, 0.15) is 16.8 Å². The fourth-order valence-electron chi connectivity index (χ4n) is 1.56. The summed E-state index contributed by atoms with van der Waals surface area (Å²) in [6.45, 7) is 1.26. The van der Waals surface area contributed by atoms with E-state index in [-0.39, 0.29) is 0 Å². The van der Waals surface area contributed by atoms with Gasteiger partial charge in [0, 0.05) is 30.6 Å². The molecule has 0 amide bonds. The molecule has 4 nitrogen and oxygen atoms in total. The van der Waals surface area contributed by atoms with E-state index in [1.54, 1.807) is 6.20 Å². The number of anilines is 1. The van der Waals surface area contributed by atoms with E-state index in [0.717, 1.165) is 30.1 Å². The Morgan fingerprint density at radius 1 is 1.64 bits per heavy atom. The summed E-state index contributed by atoms with van der Waals surface area (Å²) in [6, 6.07) is 3.78. The first-order chi connectivity index (χ1) is 6.83. The van der Waals surface area contributed by atoms with Crippen LogP contribution in [-0.4, -0.2) is 21.5 Å². The second-order valence-electron chi connectivity index (χ2n) is 3.17. The Kier molecular flexibility index (Phi) is 2.79. The molecule has 1 saturated heterocycles. The quantitative estimate of drug-likeness (QED) is 0.771. The number of aromatic nitrogens is 1. The zero-order valence-electron chi connectivity index (χ0n) is 7.85. The van der Waals surface area contributed by atoms with Gasteiger partial charge in [-0.05, 0) is 12.5 Å². The van der Waals surface area contributed by atoms with Crippen LogP contribution in [0, 0.1) is 0 Å². The number of rotatable bonds is 2. The Labute approximate surface area is 85.7 Å². The van der Waals surface area contributed by atoms with Crippen LogP contribution < -0.4 is 10.0 Å². The van der Waals surface area contributed by atoms with Crippen molar-refractivity contribution in [1.29, 1.82) is 0 Å². The molecule has 2 N–H and O–H groups in total. The monoisotopic (exact) mass is 211 g/mol. The summed E-state index contributed by atoms with van der Waals surface area (Å²) >= 11 is 0. The third kappa shape index (κ3) is 1.65. The lowest BCUT2D eigenvalue weighted by molar-refractivity contribution is 0.685. The van der Waals surface area contributed by atoms with Crippen molar-refractivity contribution in [1.82, 2.24) is 4.98 Å². The third-order valence-corrected chi connectivity index (χ3v) is 3.73. The van der Waals surface area contributed by atoms with E-state index in [1.807, 2.05) is 16.4 Å². The molecular formula is C9H13N3OS. The molecule has 0 saturated carbocycles. The second kappa shape index (κ2) is 4.06. The molecule has 0 radical (unpaired) electrons. The van der Waals surface area contributed by atoms with E-state index in [0.29, 0.717) is 6.54 Å². The molecule has 0 aromatic carbocycles. The summed E-state index contributed by atoms with van der Waals surface area (Å²) in [5, 5.41) is 0. The van der Waals surface area contributed by atoms with Crippen molar-refractivity contribution in [3.63, 3.8) is 0 Å². The minimum Gasteiger partial charge on any atom is -0.326 e. The van der Waals surface area contributed by atoms with Crippen LogP contribution in [0.4, 0.5) is 5.82 Å². The minimum absolute atomic E-state index is 0.441. The van der Waals surface area contributed by atoms with Gasteiger partial charge in [-0.15, -0.1) is 0 Å². The van der Waals surface area contributed by atoms with Gasteiger partial charge in [-0.3, -0.25) is 4.31 Å². The zero-order valence-corrected chi connectivity index (χ0v) is 8.67. The van der Waals surface area contributed by atoms with Crippen molar-refractivity contribution in [2.45, 2.75) is 13.0 Å². The molecule has 1 unspecified atom stereocenters. The van der Waals surface area contributed by atoms with Gasteiger partial charge in [0.05, 0.1) is 0 Å². The first-order valence-electron chi connectivity index (χ1n) is 4.63. The first-order valence-corrected chi connectivity index (χ1v) is 5.90. The van der Waals surface area contributed by atoms with E-state index in [2.05, 4.69) is 4.98 Å². The van der Waals surface area contributed by atoms with Crippen LogP contribution in [0.5, 0.6) is 0 Å². The molecule has 2 heterocycles. The Bertz CT molecular complexity index is 356. The standard InChI is InChI=1S/C9H13N3OS/c10-7-8-3-1-4-11-9(8)12-5-2-6-14(12)13/h1,3-4H,2,5-7,10H2. The molecule has 1 aliphatic heterocycles. The lowest BCUT2D eigenvalue weighted by atomic mass is 10.2. The molecule has 1 fully saturated rings. The van der Waals surface area contributed by atoms with Gasteiger partial charge in [-0.2, -0.15) is 0 Å². The summed E-state index contributed by atoms with van der Waals surface area (Å²) in [6.07, 6.45) is 2.68. The van der Waals surface area contributed by atoms with E-state index >= 15 is 0 Å². The molecule has 0 bridgehead atoms. The SMILES string of the molecule is NCc1cccnc1N1CCCS1=O. The predicted molar refractivity (Wildman–Crippen MR) is 57.1 cm³/mol. The topological polar surface area (TPSA) is 59.2 Å². The van der Waals surface area contributed by atoms with Gasteiger partial charge in [0.25, 0.3) is 0 Å². The molecule has 5 heteroatoms. The molecule has 2 rings (SSSR count). The van der Waals surface area contributed by atoms with Gasteiger partial charge < -0.3 is 5.73 Å². The van der Waals surface area contributed by atoms with Gasteiger partial charge in [0.2, 0.25) is 0 Å². The van der Waals surface area contributed by atoms with E-state index in [1.165, 1.54) is 0 Å². The minimum atomic E-state index is -0.908. The first kappa shape index (κ1) is 9.61. The Hall–Kier alpha value is -0.940. The summed E-state index contributed by atoms with van der Waals surface area (Å²) in [7, 11) is -0.908. The maximum absolute atomic E-state index is 11.6. The van der Waals surface area contributed by atoms with E-state index in [9.17, 15) is 4.21 Å². The van der Waals surface area contributed by atoms with E-state index in [4.69, 9.17) is 5.73 Å². The lowest BCUT2D eigenvalue weighted by Gasteiger charge is -2.17. The molecule has 0 aliphatic carbocycles. The van der Waals surface area contributed by atoms with Crippen molar-refractivity contribution < 1.29 is 4.21 Å². The third-order valence-electron chi connectivity index (χ3n) is 2.25. The molecule has 14 heavy (non-hydrogen) atoms. The average Bonchev–Trinajstić information content (AvgIpc) is 2.64. The van der Waals surface area contributed by atoms with Crippen molar-refractivity contribution in [3.05, 3.63) is 23.9 Å². The normalized spacial score (nSPS) is 21.5. The van der Waals surface area contributed by atoms with Gasteiger partial charge in [-0.25, -0.2) is 9.19 Å². The van der Waals surface area contributed by atoms with E-state index < -0.39 is 11.0 Å². The Morgan fingerprint density at radius 2 is 2.50 bits per heavy atom. The second-order valence-corrected chi connectivity index (χ2v) is 4.66. The molecule has 1 aromatic rings. The summed E-state index contributed by atoms with van der Waals surface area (Å²) in [5.74, 6) is 1.52. The molecule has 1 atom stereocenters. The van der Waals surface area contributed by atoms with Gasteiger partial charge >= 0.3 is 0 Å². The van der Waals surface area contributed by atoms with Crippen molar-refractivity contribution in [2.24, 2.45) is 5.73 Å². The van der Waals surface area contributed by atoms with Crippen LogP contribution in [-0.2, 0) is 17.5 Å². The molecule has 76 valence electrons. The molecular weight excluding hydrogens is 198 g/mol. The smallest absolute Gasteiger partial charge is 0.144 e. The summed E-state index contributed by atoms with van der Waals surface area (Å²) in [5.41, 5.74) is 6.56. The Morgan fingerprint density at radius 3 is 3.14 bits per heavy atom. The van der Waals surface area contributed by atoms with Crippen LogP contribution in [0.2, 0.25) is 0 Å². The van der Waals surface area contributed by atoms with Gasteiger partial charge in [0.15, 0.2) is 0 Å². The Balaban J connectivity index is 2.35. The van der Waals surface area contributed by atoms with Crippen molar-refractivity contribution in [3.8, 4) is 0 Å². The number of hydrogen-bond donors (Lipinski definition) is 1. The average molecular weight is 211 g/mol. The predicted octanol–water partition coefficient (Wildman–Crippen LogP) is 0.414. The van der Waals surface area contributed by atoms with Crippen LogP contribution in [0.15, 0.2) is 18.3 Å². The number of nitrogens with zero attached hydrogens (tertiary/aromatic N) is 2.